The Kier molecular flexibility index (Phi) is 8.13. The van der Waals surface area contributed by atoms with Crippen molar-refractivity contribution >= 4 is 5.57 Å². The van der Waals surface area contributed by atoms with Gasteiger partial charge in [0.05, 0.1) is 12.7 Å². The normalized spacial score (nSPS) is 13.6. The molecule has 0 heterocycles. The van der Waals surface area contributed by atoms with Gasteiger partial charge in [-0.25, -0.2) is 4.39 Å². The van der Waals surface area contributed by atoms with E-state index in [9.17, 15) is 0 Å². The summed E-state index contributed by atoms with van der Waals surface area (Å²) in [6.07, 6.45) is 10.1. The summed E-state index contributed by atoms with van der Waals surface area (Å²) in [7, 11) is 1.63. The molecular weight excluding hydrogens is 395 g/mol. The Hall–Kier alpha value is -3.49. The predicted molar refractivity (Wildman–Crippen MR) is 132 cm³/mol. The van der Waals surface area contributed by atoms with Crippen LogP contribution < -0.4 is 4.74 Å². The Balaban J connectivity index is 1.98. The van der Waals surface area contributed by atoms with Gasteiger partial charge < -0.3 is 4.74 Å². The third-order valence-electron chi connectivity index (χ3n) is 5.51. The summed E-state index contributed by atoms with van der Waals surface area (Å²) in [5.41, 5.74) is 5.78. The summed E-state index contributed by atoms with van der Waals surface area (Å²) in [6, 6.07) is 11.2. The van der Waals surface area contributed by atoms with Crippen LogP contribution in [0.4, 0.5) is 4.39 Å². The number of rotatable bonds is 4. The number of benzene rings is 2. The molecule has 0 aromatic heterocycles. The molecule has 0 atom stereocenters. The number of halogens is 1. The Morgan fingerprint density at radius 2 is 1.75 bits per heavy atom. The summed E-state index contributed by atoms with van der Waals surface area (Å²) >= 11 is 0. The molecule has 2 heteroatoms. The molecule has 0 fully saturated rings. The van der Waals surface area contributed by atoms with Gasteiger partial charge in [-0.05, 0) is 87.1 Å². The fourth-order valence-electron chi connectivity index (χ4n) is 3.40. The van der Waals surface area contributed by atoms with Crippen LogP contribution in [0.15, 0.2) is 65.8 Å². The van der Waals surface area contributed by atoms with E-state index in [2.05, 4.69) is 49.7 Å². The van der Waals surface area contributed by atoms with Crippen LogP contribution in [0.5, 0.6) is 5.75 Å². The molecule has 0 amide bonds. The van der Waals surface area contributed by atoms with E-state index in [1.54, 1.807) is 13.2 Å². The third-order valence-corrected chi connectivity index (χ3v) is 5.51. The molecule has 0 saturated carbocycles. The van der Waals surface area contributed by atoms with Crippen molar-refractivity contribution in [1.29, 1.82) is 0 Å². The quantitative estimate of drug-likeness (QED) is 0.366. The molecule has 1 nitrogen and oxygen atoms in total. The second kappa shape index (κ2) is 11.2. The van der Waals surface area contributed by atoms with Gasteiger partial charge in [0.25, 0.3) is 0 Å². The summed E-state index contributed by atoms with van der Waals surface area (Å²) in [5, 5.41) is 0. The molecule has 0 spiro atoms. The van der Waals surface area contributed by atoms with Gasteiger partial charge in [-0.3, -0.25) is 0 Å². The van der Waals surface area contributed by atoms with Crippen molar-refractivity contribution < 1.29 is 9.13 Å². The summed E-state index contributed by atoms with van der Waals surface area (Å²) < 4.78 is 20.8. The molecule has 32 heavy (non-hydrogen) atoms. The van der Waals surface area contributed by atoms with E-state index in [0.29, 0.717) is 16.7 Å². The molecule has 2 aromatic carbocycles. The molecule has 162 valence electrons. The van der Waals surface area contributed by atoms with E-state index in [1.165, 1.54) is 5.57 Å². The molecule has 0 N–H and O–H groups in total. The van der Waals surface area contributed by atoms with Crippen LogP contribution in [0, 0.1) is 29.5 Å². The average Bonchev–Trinajstić information content (AvgIpc) is 3.35. The number of ether oxygens (including phenoxy) is 1. The first-order valence-electron chi connectivity index (χ1n) is 11.1. The highest BCUT2D eigenvalue weighted by atomic mass is 19.1. The van der Waals surface area contributed by atoms with Crippen LogP contribution in [0.2, 0.25) is 0 Å². The van der Waals surface area contributed by atoms with Gasteiger partial charge in [-0.2, -0.15) is 0 Å². The van der Waals surface area contributed by atoms with Crippen molar-refractivity contribution in [3.8, 4) is 29.4 Å². The van der Waals surface area contributed by atoms with E-state index in [-0.39, 0.29) is 5.82 Å². The summed E-state index contributed by atoms with van der Waals surface area (Å²) in [5.74, 6) is 12.9. The first kappa shape index (κ1) is 23.2. The molecule has 3 rings (SSSR count). The monoisotopic (exact) mass is 424 g/mol. The number of allylic oxidation sites excluding steroid dienone is 6. The third kappa shape index (κ3) is 6.03. The van der Waals surface area contributed by atoms with Crippen molar-refractivity contribution in [2.45, 2.75) is 46.5 Å². The smallest absolute Gasteiger partial charge is 0.147 e. The van der Waals surface area contributed by atoms with E-state index in [1.807, 2.05) is 43.3 Å². The van der Waals surface area contributed by atoms with Gasteiger partial charge in [0.2, 0.25) is 0 Å². The van der Waals surface area contributed by atoms with Gasteiger partial charge in [0.15, 0.2) is 0 Å². The van der Waals surface area contributed by atoms with Crippen LogP contribution >= 0.6 is 0 Å². The zero-order chi connectivity index (χ0) is 22.9. The molecule has 0 aliphatic heterocycles. The molecule has 0 saturated heterocycles. The Morgan fingerprint density at radius 1 is 1.00 bits per heavy atom. The van der Waals surface area contributed by atoms with Crippen molar-refractivity contribution in [3.05, 3.63) is 93.8 Å². The molecule has 1 aliphatic carbocycles. The minimum absolute atomic E-state index is 0.278. The van der Waals surface area contributed by atoms with Crippen molar-refractivity contribution in [2.75, 3.05) is 7.11 Å². The van der Waals surface area contributed by atoms with Crippen LogP contribution in [0.3, 0.4) is 0 Å². The molecule has 0 unspecified atom stereocenters. The molecule has 0 bridgehead atoms. The number of methoxy groups -OCH3 is 1. The molecule has 0 radical (unpaired) electrons. The van der Waals surface area contributed by atoms with Crippen LogP contribution in [0.25, 0.3) is 5.57 Å². The average molecular weight is 425 g/mol. The first-order valence-corrected chi connectivity index (χ1v) is 11.1. The van der Waals surface area contributed by atoms with E-state index < -0.39 is 0 Å². The Labute approximate surface area is 191 Å². The van der Waals surface area contributed by atoms with Gasteiger partial charge >= 0.3 is 0 Å². The SMILES string of the molecule is CC/C(C)=C\C=C(/C)C#Cc1ccc(C#Cc2ccc(OC)cc2)c(C2=CCCC2)c1F. The lowest BCUT2D eigenvalue weighted by molar-refractivity contribution is 0.415. The summed E-state index contributed by atoms with van der Waals surface area (Å²) in [6.45, 7) is 6.15. The van der Waals surface area contributed by atoms with Gasteiger partial charge in [0.1, 0.15) is 11.6 Å². The second-order valence-corrected chi connectivity index (χ2v) is 7.92. The zero-order valence-electron chi connectivity index (χ0n) is 19.3. The highest BCUT2D eigenvalue weighted by molar-refractivity contribution is 5.74. The first-order chi connectivity index (χ1) is 15.5. The second-order valence-electron chi connectivity index (χ2n) is 7.92. The van der Waals surface area contributed by atoms with Gasteiger partial charge in [0, 0.05) is 16.7 Å². The maximum Gasteiger partial charge on any atom is 0.147 e. The van der Waals surface area contributed by atoms with Crippen molar-refractivity contribution in [3.63, 3.8) is 0 Å². The van der Waals surface area contributed by atoms with Crippen LogP contribution in [0.1, 0.15) is 68.7 Å². The predicted octanol–water partition coefficient (Wildman–Crippen LogP) is 7.46. The highest BCUT2D eigenvalue weighted by Gasteiger charge is 2.18. The Morgan fingerprint density at radius 3 is 2.41 bits per heavy atom. The van der Waals surface area contributed by atoms with E-state index >= 15 is 4.39 Å². The number of hydrogen-bond acceptors (Lipinski definition) is 1. The molecular formula is C30H29FO. The molecule has 1 aliphatic rings. The number of hydrogen-bond donors (Lipinski definition) is 0. The lowest BCUT2D eigenvalue weighted by Gasteiger charge is -2.09. The maximum absolute atomic E-state index is 15.6. The van der Waals surface area contributed by atoms with Crippen molar-refractivity contribution in [1.82, 2.24) is 0 Å². The Bertz CT molecular complexity index is 1190. The topological polar surface area (TPSA) is 9.23 Å². The minimum atomic E-state index is -0.278. The van der Waals surface area contributed by atoms with Gasteiger partial charge in [-0.1, -0.05) is 54.4 Å². The maximum atomic E-state index is 15.6. The fraction of sp³-hybridized carbons (Fsp3) is 0.267. The van der Waals surface area contributed by atoms with E-state index in [4.69, 9.17) is 4.74 Å². The standard InChI is InChI=1S/C30H29FO/c1-5-22(2)10-11-23(3)12-16-27-19-18-26(29(30(27)31)25-8-6-7-9-25)17-13-24-14-20-28(32-4)21-15-24/h8,10-11,14-15,18-21H,5-7,9H2,1-4H3/b22-10-,23-11+. The lowest BCUT2D eigenvalue weighted by Crippen LogP contribution is -1.97. The fourth-order valence-corrected chi connectivity index (χ4v) is 3.40. The van der Waals surface area contributed by atoms with Crippen LogP contribution in [-0.2, 0) is 0 Å². The summed E-state index contributed by atoms with van der Waals surface area (Å²) in [4.78, 5) is 0. The minimum Gasteiger partial charge on any atom is -0.497 e. The van der Waals surface area contributed by atoms with Gasteiger partial charge in [-0.15, -0.1) is 0 Å². The zero-order valence-corrected chi connectivity index (χ0v) is 19.3. The van der Waals surface area contributed by atoms with Crippen molar-refractivity contribution in [2.24, 2.45) is 0 Å². The van der Waals surface area contributed by atoms with Crippen LogP contribution in [-0.4, -0.2) is 7.11 Å². The highest BCUT2D eigenvalue weighted by Crippen LogP contribution is 2.33. The van der Waals surface area contributed by atoms with E-state index in [0.717, 1.165) is 48.1 Å². The molecule has 2 aromatic rings. The lowest BCUT2D eigenvalue weighted by atomic mass is 9.95. The largest absolute Gasteiger partial charge is 0.497 e.